The van der Waals surface area contributed by atoms with E-state index < -0.39 is 5.97 Å². The van der Waals surface area contributed by atoms with Crippen molar-refractivity contribution in [2.75, 3.05) is 11.9 Å². The van der Waals surface area contributed by atoms with Gasteiger partial charge in [-0.1, -0.05) is 0 Å². The predicted octanol–water partition coefficient (Wildman–Crippen LogP) is 1.09. The third-order valence-corrected chi connectivity index (χ3v) is 2.23. The van der Waals surface area contributed by atoms with Gasteiger partial charge in [-0.15, -0.1) is 0 Å². The third kappa shape index (κ3) is 2.81. The van der Waals surface area contributed by atoms with Gasteiger partial charge in [-0.05, 0) is 18.2 Å². The second kappa shape index (κ2) is 5.11. The minimum Gasteiger partial charge on any atom is -0.478 e. The van der Waals surface area contributed by atoms with Crippen molar-refractivity contribution in [3.63, 3.8) is 0 Å². The predicted molar refractivity (Wildman–Crippen MR) is 61.9 cm³/mol. The lowest BCUT2D eigenvalue weighted by Gasteiger charge is -2.07. The molecule has 0 aliphatic heterocycles. The summed E-state index contributed by atoms with van der Waals surface area (Å²) < 4.78 is 1.76. The van der Waals surface area contributed by atoms with Crippen molar-refractivity contribution in [1.82, 2.24) is 14.8 Å². The Labute approximate surface area is 97.9 Å². The second-order valence-corrected chi connectivity index (χ2v) is 3.40. The van der Waals surface area contributed by atoms with Gasteiger partial charge in [-0.25, -0.2) is 9.78 Å². The summed E-state index contributed by atoms with van der Waals surface area (Å²) in [4.78, 5) is 14.9. The monoisotopic (exact) mass is 232 g/mol. The number of pyridine rings is 1. The highest BCUT2D eigenvalue weighted by Crippen LogP contribution is 2.10. The average Bonchev–Trinajstić information content (AvgIpc) is 2.82. The largest absolute Gasteiger partial charge is 0.478 e. The van der Waals surface area contributed by atoms with E-state index in [1.807, 2.05) is 12.3 Å². The molecule has 0 aromatic carbocycles. The van der Waals surface area contributed by atoms with Crippen LogP contribution in [0.25, 0.3) is 0 Å². The number of nitrogens with one attached hydrogen (secondary N) is 1. The van der Waals surface area contributed by atoms with Gasteiger partial charge >= 0.3 is 5.97 Å². The van der Waals surface area contributed by atoms with Gasteiger partial charge < -0.3 is 10.4 Å². The summed E-state index contributed by atoms with van der Waals surface area (Å²) in [5.41, 5.74) is 0.174. The van der Waals surface area contributed by atoms with Crippen LogP contribution in [0.1, 0.15) is 10.4 Å². The Morgan fingerprint density at radius 2 is 2.29 bits per heavy atom. The van der Waals surface area contributed by atoms with E-state index in [-0.39, 0.29) is 5.56 Å². The minimum absolute atomic E-state index is 0.174. The molecule has 0 unspecified atom stereocenters. The highest BCUT2D eigenvalue weighted by atomic mass is 16.4. The molecule has 2 rings (SSSR count). The van der Waals surface area contributed by atoms with Crippen LogP contribution in [0.5, 0.6) is 0 Å². The van der Waals surface area contributed by atoms with E-state index in [1.165, 1.54) is 6.07 Å². The fourth-order valence-electron chi connectivity index (χ4n) is 1.44. The molecule has 0 aliphatic rings. The Balaban J connectivity index is 1.97. The first kappa shape index (κ1) is 11.1. The molecular weight excluding hydrogens is 220 g/mol. The molecule has 6 nitrogen and oxygen atoms in total. The molecule has 2 N–H and O–H groups in total. The van der Waals surface area contributed by atoms with E-state index in [0.29, 0.717) is 18.9 Å². The zero-order chi connectivity index (χ0) is 12.1. The number of aromatic nitrogens is 3. The topological polar surface area (TPSA) is 80.0 Å². The molecule has 0 spiro atoms. The maximum absolute atomic E-state index is 10.9. The van der Waals surface area contributed by atoms with Crippen LogP contribution < -0.4 is 5.32 Å². The molecule has 17 heavy (non-hydrogen) atoms. The van der Waals surface area contributed by atoms with Gasteiger partial charge in [0.1, 0.15) is 11.4 Å². The SMILES string of the molecule is O=C(O)c1cccnc1NCCn1cccn1. The van der Waals surface area contributed by atoms with Crippen molar-refractivity contribution in [2.24, 2.45) is 0 Å². The normalized spacial score (nSPS) is 10.1. The molecular formula is C11H12N4O2. The Hall–Kier alpha value is -2.37. The number of hydrogen-bond donors (Lipinski definition) is 2. The number of nitrogens with zero attached hydrogens (tertiary/aromatic N) is 3. The van der Waals surface area contributed by atoms with Crippen LogP contribution in [0, 0.1) is 0 Å². The van der Waals surface area contributed by atoms with Crippen molar-refractivity contribution in [2.45, 2.75) is 6.54 Å². The van der Waals surface area contributed by atoms with E-state index in [0.717, 1.165) is 0 Å². The Morgan fingerprint density at radius 3 is 3.00 bits per heavy atom. The van der Waals surface area contributed by atoms with Crippen molar-refractivity contribution in [3.8, 4) is 0 Å². The molecule has 0 saturated heterocycles. The van der Waals surface area contributed by atoms with Crippen LogP contribution in [0.2, 0.25) is 0 Å². The molecule has 6 heteroatoms. The summed E-state index contributed by atoms with van der Waals surface area (Å²) in [6.07, 6.45) is 5.10. The van der Waals surface area contributed by atoms with Crippen molar-refractivity contribution in [3.05, 3.63) is 42.4 Å². The minimum atomic E-state index is -0.986. The number of carbonyl (C=O) groups is 1. The summed E-state index contributed by atoms with van der Waals surface area (Å²) in [6, 6.07) is 4.96. The van der Waals surface area contributed by atoms with Crippen LogP contribution in [-0.2, 0) is 6.54 Å². The summed E-state index contributed by atoms with van der Waals surface area (Å²) in [6.45, 7) is 1.22. The fraction of sp³-hybridized carbons (Fsp3) is 0.182. The van der Waals surface area contributed by atoms with Crippen LogP contribution in [0.4, 0.5) is 5.82 Å². The molecule has 0 bridgehead atoms. The van der Waals surface area contributed by atoms with Gasteiger partial charge in [-0.2, -0.15) is 5.10 Å². The van der Waals surface area contributed by atoms with Gasteiger partial charge in [0.2, 0.25) is 0 Å². The maximum atomic E-state index is 10.9. The summed E-state index contributed by atoms with van der Waals surface area (Å²) >= 11 is 0. The highest BCUT2D eigenvalue weighted by Gasteiger charge is 2.09. The van der Waals surface area contributed by atoms with Crippen LogP contribution in [-0.4, -0.2) is 32.4 Å². The van der Waals surface area contributed by atoms with Gasteiger partial charge in [0.05, 0.1) is 6.54 Å². The number of aromatic carboxylic acids is 1. The van der Waals surface area contributed by atoms with Crippen molar-refractivity contribution < 1.29 is 9.90 Å². The van der Waals surface area contributed by atoms with E-state index in [9.17, 15) is 4.79 Å². The van der Waals surface area contributed by atoms with Crippen molar-refractivity contribution in [1.29, 1.82) is 0 Å². The molecule has 2 heterocycles. The maximum Gasteiger partial charge on any atom is 0.339 e. The molecule has 88 valence electrons. The Morgan fingerprint density at radius 1 is 1.41 bits per heavy atom. The van der Waals surface area contributed by atoms with Crippen LogP contribution >= 0.6 is 0 Å². The Bertz CT molecular complexity index is 496. The third-order valence-electron chi connectivity index (χ3n) is 2.23. The molecule has 0 amide bonds. The van der Waals surface area contributed by atoms with Crippen LogP contribution in [0.3, 0.4) is 0 Å². The number of carboxylic acid groups (broad SMARTS) is 1. The first-order valence-corrected chi connectivity index (χ1v) is 5.17. The molecule has 0 fully saturated rings. The average molecular weight is 232 g/mol. The van der Waals surface area contributed by atoms with E-state index >= 15 is 0 Å². The highest BCUT2D eigenvalue weighted by molar-refractivity contribution is 5.92. The smallest absolute Gasteiger partial charge is 0.339 e. The lowest BCUT2D eigenvalue weighted by molar-refractivity contribution is 0.0697. The van der Waals surface area contributed by atoms with E-state index in [4.69, 9.17) is 5.11 Å². The molecule has 2 aromatic heterocycles. The van der Waals surface area contributed by atoms with E-state index in [2.05, 4.69) is 15.4 Å². The van der Waals surface area contributed by atoms with Gasteiger partial charge in [0, 0.05) is 25.1 Å². The Kier molecular flexibility index (Phi) is 3.34. The summed E-state index contributed by atoms with van der Waals surface area (Å²) in [5, 5.41) is 16.0. The second-order valence-electron chi connectivity index (χ2n) is 3.40. The molecule has 0 atom stereocenters. The fourth-order valence-corrected chi connectivity index (χ4v) is 1.44. The molecule has 0 saturated carbocycles. The first-order chi connectivity index (χ1) is 8.27. The first-order valence-electron chi connectivity index (χ1n) is 5.17. The molecule has 0 radical (unpaired) electrons. The quantitative estimate of drug-likeness (QED) is 0.806. The molecule has 2 aromatic rings. The zero-order valence-electron chi connectivity index (χ0n) is 9.08. The van der Waals surface area contributed by atoms with Gasteiger partial charge in [0.15, 0.2) is 0 Å². The summed E-state index contributed by atoms with van der Waals surface area (Å²) in [7, 11) is 0. The lowest BCUT2D eigenvalue weighted by atomic mass is 10.2. The number of carboxylic acids is 1. The van der Waals surface area contributed by atoms with Crippen molar-refractivity contribution >= 4 is 11.8 Å². The lowest BCUT2D eigenvalue weighted by Crippen LogP contribution is -2.14. The number of anilines is 1. The number of rotatable bonds is 5. The van der Waals surface area contributed by atoms with Crippen LogP contribution in [0.15, 0.2) is 36.8 Å². The standard InChI is InChI=1S/C11H12N4O2/c16-11(17)9-3-1-4-12-10(9)13-6-8-15-7-2-5-14-15/h1-5,7H,6,8H2,(H,12,13)(H,16,17). The summed E-state index contributed by atoms with van der Waals surface area (Å²) in [5.74, 6) is -0.605. The molecule has 0 aliphatic carbocycles. The zero-order valence-corrected chi connectivity index (χ0v) is 9.08. The number of hydrogen-bond acceptors (Lipinski definition) is 4. The van der Waals surface area contributed by atoms with Gasteiger partial charge in [-0.3, -0.25) is 4.68 Å². The van der Waals surface area contributed by atoms with E-state index in [1.54, 1.807) is 23.1 Å². The van der Waals surface area contributed by atoms with Gasteiger partial charge in [0.25, 0.3) is 0 Å².